The van der Waals surface area contributed by atoms with Gasteiger partial charge in [-0.2, -0.15) is 0 Å². The van der Waals surface area contributed by atoms with Gasteiger partial charge in [0.05, 0.1) is 0 Å². The Kier molecular flexibility index (Phi) is 4.25. The Bertz CT molecular complexity index is 166. The van der Waals surface area contributed by atoms with Crippen molar-refractivity contribution in [2.24, 2.45) is 0 Å². The van der Waals surface area contributed by atoms with Crippen LogP contribution in [0.25, 0.3) is 0 Å². The maximum Gasteiger partial charge on any atom is 0.518 e. The van der Waals surface area contributed by atoms with Crippen LogP contribution in [0.15, 0.2) is 0 Å². The van der Waals surface area contributed by atoms with Crippen molar-refractivity contribution in [1.82, 2.24) is 0 Å². The predicted molar refractivity (Wildman–Crippen MR) is 36.1 cm³/mol. The molecule has 7 heteroatoms. The van der Waals surface area contributed by atoms with Gasteiger partial charge in [-0.05, 0) is 15.8 Å². The Morgan fingerprint density at radius 1 is 1.70 bits per heavy atom. The molecule has 0 aromatic rings. The quantitative estimate of drug-likeness (QED) is 0.675. The largest absolute Gasteiger partial charge is 0.518 e. The smallest absolute Gasteiger partial charge is 0.300 e. The Labute approximate surface area is 59.8 Å². The van der Waals surface area contributed by atoms with Crippen LogP contribution in [-0.2, 0) is 18.0 Å². The first-order valence-electron chi connectivity index (χ1n) is 2.54. The highest BCUT2D eigenvalue weighted by molar-refractivity contribution is 7.57. The summed E-state index contributed by atoms with van der Waals surface area (Å²) < 4.78 is 29.1. The van der Waals surface area contributed by atoms with Gasteiger partial charge in [0.15, 0.2) is 6.16 Å². The minimum Gasteiger partial charge on any atom is -0.300 e. The van der Waals surface area contributed by atoms with Gasteiger partial charge in [0.25, 0.3) is 0 Å². The van der Waals surface area contributed by atoms with Crippen LogP contribution >= 0.6 is 15.9 Å². The molecule has 1 N–H and O–H groups in total. The third-order valence-electron chi connectivity index (χ3n) is 0.683. The third-order valence-corrected chi connectivity index (χ3v) is 3.22. The molecule has 0 radical (unpaired) electrons. The van der Waals surface area contributed by atoms with Gasteiger partial charge >= 0.3 is 15.9 Å². The SMILES string of the molecule is CC[P+](=O)OP(=O)(O)OC. The molecule has 60 valence electrons. The molecule has 0 rings (SSSR count). The summed E-state index contributed by atoms with van der Waals surface area (Å²) in [7, 11) is -5.08. The zero-order valence-corrected chi connectivity index (χ0v) is 7.47. The van der Waals surface area contributed by atoms with E-state index in [1.165, 1.54) is 0 Å². The summed E-state index contributed by atoms with van der Waals surface area (Å²) in [5, 5.41) is 0. The van der Waals surface area contributed by atoms with Gasteiger partial charge in [-0.3, -0.25) is 4.52 Å². The monoisotopic (exact) mass is 187 g/mol. The van der Waals surface area contributed by atoms with Gasteiger partial charge in [-0.25, -0.2) is 4.57 Å². The summed E-state index contributed by atoms with van der Waals surface area (Å²) >= 11 is 0. The number of rotatable bonds is 4. The summed E-state index contributed by atoms with van der Waals surface area (Å²) in [6, 6.07) is 0. The first kappa shape index (κ1) is 10.2. The first-order chi connectivity index (χ1) is 4.52. The summed E-state index contributed by atoms with van der Waals surface area (Å²) in [6.45, 7) is 1.58. The molecule has 0 aliphatic carbocycles. The fourth-order valence-corrected chi connectivity index (χ4v) is 1.86. The molecule has 0 aliphatic heterocycles. The second-order valence-electron chi connectivity index (χ2n) is 1.38. The fourth-order valence-electron chi connectivity index (χ4n) is 0.206. The predicted octanol–water partition coefficient (Wildman–Crippen LogP) is 1.51. The molecule has 0 saturated heterocycles. The van der Waals surface area contributed by atoms with E-state index in [-0.39, 0.29) is 6.16 Å². The second kappa shape index (κ2) is 4.16. The molecule has 0 amide bonds. The van der Waals surface area contributed by atoms with E-state index < -0.39 is 15.9 Å². The molecule has 2 unspecified atom stereocenters. The van der Waals surface area contributed by atoms with Gasteiger partial charge in [0.1, 0.15) is 0 Å². The molecule has 0 saturated carbocycles. The van der Waals surface area contributed by atoms with E-state index in [0.29, 0.717) is 0 Å². The van der Waals surface area contributed by atoms with Crippen molar-refractivity contribution in [3.05, 3.63) is 0 Å². The molecule has 0 fully saturated rings. The van der Waals surface area contributed by atoms with Crippen LogP contribution in [0.2, 0.25) is 0 Å². The van der Waals surface area contributed by atoms with E-state index in [9.17, 15) is 9.13 Å². The maximum absolute atomic E-state index is 10.5. The minimum absolute atomic E-state index is 0.198. The Morgan fingerprint density at radius 3 is 2.50 bits per heavy atom. The van der Waals surface area contributed by atoms with Crippen molar-refractivity contribution >= 4 is 15.9 Å². The first-order valence-corrected chi connectivity index (χ1v) is 5.40. The number of hydrogen-bond donors (Lipinski definition) is 1. The topological polar surface area (TPSA) is 72.8 Å². The second-order valence-corrected chi connectivity index (χ2v) is 4.64. The number of phosphoric ester groups is 1. The maximum atomic E-state index is 10.5. The van der Waals surface area contributed by atoms with Gasteiger partial charge in [0.2, 0.25) is 0 Å². The Morgan fingerprint density at radius 2 is 2.20 bits per heavy atom. The average molecular weight is 187 g/mol. The van der Waals surface area contributed by atoms with E-state index in [1.54, 1.807) is 6.92 Å². The molecular weight excluding hydrogens is 178 g/mol. The Balaban J connectivity index is 3.89. The van der Waals surface area contributed by atoms with E-state index in [4.69, 9.17) is 4.89 Å². The normalized spacial score (nSPS) is 18.1. The molecule has 0 aromatic carbocycles. The number of hydrogen-bond acceptors (Lipinski definition) is 4. The summed E-state index contributed by atoms with van der Waals surface area (Å²) in [4.78, 5) is 8.55. The standard InChI is InChI=1S/C3H8O5P2/c1-3-9(4)8-10(5,6)7-2/h3H2,1-2H3/p+1. The highest BCUT2D eigenvalue weighted by Gasteiger charge is 2.31. The van der Waals surface area contributed by atoms with E-state index in [2.05, 4.69) is 8.83 Å². The van der Waals surface area contributed by atoms with E-state index in [1.807, 2.05) is 0 Å². The van der Waals surface area contributed by atoms with Crippen molar-refractivity contribution in [2.45, 2.75) is 6.92 Å². The molecule has 0 heterocycles. The van der Waals surface area contributed by atoms with Crippen LogP contribution in [0.1, 0.15) is 6.92 Å². The van der Waals surface area contributed by atoms with Crippen LogP contribution in [0, 0.1) is 0 Å². The van der Waals surface area contributed by atoms with Crippen molar-refractivity contribution in [3.63, 3.8) is 0 Å². The summed E-state index contributed by atoms with van der Waals surface area (Å²) in [5.74, 6) is 0. The van der Waals surface area contributed by atoms with Crippen LogP contribution in [0.3, 0.4) is 0 Å². The highest BCUT2D eigenvalue weighted by Crippen LogP contribution is 2.50. The van der Waals surface area contributed by atoms with Crippen LogP contribution in [-0.4, -0.2) is 18.2 Å². The summed E-state index contributed by atoms with van der Waals surface area (Å²) in [6.07, 6.45) is 0.198. The van der Waals surface area contributed by atoms with Crippen molar-refractivity contribution in [1.29, 1.82) is 0 Å². The van der Waals surface area contributed by atoms with E-state index >= 15 is 0 Å². The molecule has 0 spiro atoms. The molecule has 0 aromatic heterocycles. The van der Waals surface area contributed by atoms with Gasteiger partial charge in [-0.1, -0.05) is 0 Å². The Hall–Kier alpha value is 0.210. The van der Waals surface area contributed by atoms with Crippen LogP contribution in [0.5, 0.6) is 0 Å². The summed E-state index contributed by atoms with van der Waals surface area (Å²) in [5.41, 5.74) is 0. The molecule has 5 nitrogen and oxygen atoms in total. The van der Waals surface area contributed by atoms with Gasteiger partial charge in [0, 0.05) is 7.11 Å². The lowest BCUT2D eigenvalue weighted by atomic mass is 11.0. The van der Waals surface area contributed by atoms with Gasteiger partial charge < -0.3 is 4.89 Å². The van der Waals surface area contributed by atoms with Crippen LogP contribution < -0.4 is 0 Å². The van der Waals surface area contributed by atoms with Crippen molar-refractivity contribution < 1.29 is 22.9 Å². The lowest BCUT2D eigenvalue weighted by Gasteiger charge is -1.97. The minimum atomic E-state index is -4.03. The molecular formula is C3H9O5P2+. The number of phosphoric acid groups is 1. The van der Waals surface area contributed by atoms with Crippen molar-refractivity contribution in [3.8, 4) is 0 Å². The lowest BCUT2D eigenvalue weighted by Crippen LogP contribution is -1.84. The lowest BCUT2D eigenvalue weighted by molar-refractivity contribution is 0.247. The fraction of sp³-hybridized carbons (Fsp3) is 1.00. The molecule has 0 aliphatic rings. The average Bonchev–Trinajstić information content (AvgIpc) is 1.87. The third kappa shape index (κ3) is 4.09. The van der Waals surface area contributed by atoms with Gasteiger partial charge in [-0.15, -0.1) is 0 Å². The molecule has 10 heavy (non-hydrogen) atoms. The van der Waals surface area contributed by atoms with Crippen LogP contribution in [0.4, 0.5) is 0 Å². The molecule has 2 atom stereocenters. The molecule has 0 bridgehead atoms. The zero-order chi connectivity index (χ0) is 8.20. The zero-order valence-electron chi connectivity index (χ0n) is 5.68. The van der Waals surface area contributed by atoms with Crippen molar-refractivity contribution in [2.75, 3.05) is 13.3 Å². The van der Waals surface area contributed by atoms with E-state index in [0.717, 1.165) is 7.11 Å². The highest BCUT2D eigenvalue weighted by atomic mass is 31.2.